The van der Waals surface area contributed by atoms with Crippen LogP contribution in [0.25, 0.3) is 0 Å². The lowest BCUT2D eigenvalue weighted by Crippen LogP contribution is -2.47. The van der Waals surface area contributed by atoms with E-state index in [1.165, 1.54) is 6.20 Å². The molecule has 2 heterocycles. The number of nitrogen functional groups attached to an aromatic ring is 1. The van der Waals surface area contributed by atoms with Gasteiger partial charge in [0.1, 0.15) is 5.82 Å². The van der Waals surface area contributed by atoms with Crippen molar-refractivity contribution >= 4 is 37.5 Å². The highest BCUT2D eigenvalue weighted by Crippen LogP contribution is 2.24. The van der Waals surface area contributed by atoms with Crippen molar-refractivity contribution in [3.63, 3.8) is 0 Å². The summed E-state index contributed by atoms with van der Waals surface area (Å²) in [5, 5.41) is 2.74. The monoisotopic (exact) mass is 347 g/mol. The molecule has 1 atom stereocenters. The van der Waals surface area contributed by atoms with Crippen LogP contribution < -0.4 is 11.1 Å². The van der Waals surface area contributed by atoms with Crippen molar-refractivity contribution in [3.05, 3.63) is 22.3 Å². The number of hydrogen-bond acceptors (Lipinski definition) is 5. The number of carbonyl (C=O) groups is 1. The van der Waals surface area contributed by atoms with Crippen molar-refractivity contribution in [2.24, 2.45) is 0 Å². The fourth-order valence-electron chi connectivity index (χ4n) is 2.08. The summed E-state index contributed by atoms with van der Waals surface area (Å²) in [6, 6.07) is 1.56. The van der Waals surface area contributed by atoms with Crippen molar-refractivity contribution in [1.29, 1.82) is 0 Å². The van der Waals surface area contributed by atoms with Gasteiger partial charge in [0.15, 0.2) is 9.84 Å². The van der Waals surface area contributed by atoms with E-state index in [0.29, 0.717) is 10.9 Å². The predicted octanol–water partition coefficient (Wildman–Crippen LogP) is 0.733. The molecule has 1 unspecified atom stereocenters. The van der Waals surface area contributed by atoms with Crippen LogP contribution in [0, 0.1) is 0 Å². The lowest BCUT2D eigenvalue weighted by atomic mass is 10.0. The fourth-order valence-corrected chi connectivity index (χ4v) is 4.51. The molecule has 0 radical (unpaired) electrons. The molecule has 1 aliphatic heterocycles. The average molecular weight is 348 g/mol. The van der Waals surface area contributed by atoms with E-state index in [-0.39, 0.29) is 22.9 Å². The molecule has 1 fully saturated rings. The second-order valence-corrected chi connectivity index (χ2v) is 8.04. The minimum atomic E-state index is -3.07. The first-order chi connectivity index (χ1) is 8.71. The van der Waals surface area contributed by atoms with Crippen LogP contribution in [0.15, 0.2) is 16.7 Å². The van der Waals surface area contributed by atoms with Crippen LogP contribution >= 0.6 is 15.9 Å². The molecular formula is C11H14BrN3O3S. The van der Waals surface area contributed by atoms with Crippen LogP contribution in [0.5, 0.6) is 0 Å². The predicted molar refractivity (Wildman–Crippen MR) is 75.5 cm³/mol. The Morgan fingerprint density at radius 3 is 2.84 bits per heavy atom. The van der Waals surface area contributed by atoms with Gasteiger partial charge in [-0.15, -0.1) is 0 Å². The van der Waals surface area contributed by atoms with Crippen molar-refractivity contribution in [2.45, 2.75) is 18.9 Å². The van der Waals surface area contributed by atoms with Gasteiger partial charge in [-0.05, 0) is 35.3 Å². The molecule has 1 saturated heterocycles. The quantitative estimate of drug-likeness (QED) is 0.821. The summed E-state index contributed by atoms with van der Waals surface area (Å²) in [4.78, 5) is 16.0. The molecule has 104 valence electrons. The Morgan fingerprint density at radius 2 is 2.26 bits per heavy atom. The smallest absolute Gasteiger partial charge is 0.255 e. The van der Waals surface area contributed by atoms with Crippen LogP contribution in [0.1, 0.15) is 23.7 Å². The Morgan fingerprint density at radius 1 is 1.58 bits per heavy atom. The number of nitrogens with zero attached hydrogens (tertiary/aromatic N) is 1. The minimum absolute atomic E-state index is 0.0485. The maximum Gasteiger partial charge on any atom is 0.255 e. The van der Waals surface area contributed by atoms with Crippen molar-refractivity contribution < 1.29 is 13.2 Å². The number of nitrogens with one attached hydrogen (secondary N) is 1. The van der Waals surface area contributed by atoms with E-state index in [1.54, 1.807) is 13.0 Å². The second-order valence-electron chi connectivity index (χ2n) is 4.94. The molecule has 1 aliphatic rings. The second kappa shape index (κ2) is 4.75. The van der Waals surface area contributed by atoms with E-state index in [9.17, 15) is 13.2 Å². The minimum Gasteiger partial charge on any atom is -0.383 e. The normalized spacial score (nSPS) is 25.2. The molecule has 0 spiro atoms. The Balaban J connectivity index is 2.20. The molecule has 19 heavy (non-hydrogen) atoms. The average Bonchev–Trinajstić information content (AvgIpc) is 2.56. The number of halogens is 1. The van der Waals surface area contributed by atoms with E-state index in [1.807, 2.05) is 0 Å². The summed E-state index contributed by atoms with van der Waals surface area (Å²) in [6.45, 7) is 1.72. The molecule has 0 bridgehead atoms. The molecule has 3 N–H and O–H groups in total. The number of pyridine rings is 1. The first-order valence-corrected chi connectivity index (χ1v) is 8.26. The number of hydrogen-bond donors (Lipinski definition) is 2. The van der Waals surface area contributed by atoms with Gasteiger partial charge in [0.05, 0.1) is 22.6 Å². The van der Waals surface area contributed by atoms with Crippen LogP contribution in [-0.4, -0.2) is 36.4 Å². The number of sulfone groups is 1. The molecule has 0 saturated carbocycles. The lowest BCUT2D eigenvalue weighted by Gasteiger charge is -2.24. The molecule has 0 aliphatic carbocycles. The number of aromatic nitrogens is 1. The van der Waals surface area contributed by atoms with Gasteiger partial charge in [0.2, 0.25) is 0 Å². The highest BCUT2D eigenvalue weighted by Gasteiger charge is 2.39. The van der Waals surface area contributed by atoms with Crippen molar-refractivity contribution in [1.82, 2.24) is 10.3 Å². The van der Waals surface area contributed by atoms with Gasteiger partial charge in [-0.3, -0.25) is 4.79 Å². The van der Waals surface area contributed by atoms with E-state index in [4.69, 9.17) is 5.73 Å². The third-order valence-corrected chi connectivity index (χ3v) is 5.39. The number of rotatable bonds is 2. The van der Waals surface area contributed by atoms with E-state index in [0.717, 1.165) is 0 Å². The summed E-state index contributed by atoms with van der Waals surface area (Å²) < 4.78 is 23.6. The lowest BCUT2D eigenvalue weighted by molar-refractivity contribution is 0.0916. The van der Waals surface area contributed by atoms with E-state index >= 15 is 0 Å². The van der Waals surface area contributed by atoms with Crippen LogP contribution in [0.4, 0.5) is 5.82 Å². The summed E-state index contributed by atoms with van der Waals surface area (Å²) in [6.07, 6.45) is 1.90. The van der Waals surface area contributed by atoms with Crippen LogP contribution in [0.3, 0.4) is 0 Å². The molecule has 6 nitrogen and oxygen atoms in total. The Kier molecular flexibility index (Phi) is 3.57. The zero-order valence-electron chi connectivity index (χ0n) is 10.3. The van der Waals surface area contributed by atoms with Crippen LogP contribution in [-0.2, 0) is 9.84 Å². The van der Waals surface area contributed by atoms with Gasteiger partial charge >= 0.3 is 0 Å². The van der Waals surface area contributed by atoms with Crippen molar-refractivity contribution in [3.8, 4) is 0 Å². The summed E-state index contributed by atoms with van der Waals surface area (Å²) in [5.41, 5.74) is 5.14. The number of anilines is 1. The number of nitrogens with two attached hydrogens (primary N) is 1. The molecule has 1 aromatic heterocycles. The SMILES string of the molecule is CC1(NC(=O)c2cc(Br)cnc2N)CCS(=O)(=O)C1. The van der Waals surface area contributed by atoms with Gasteiger partial charge < -0.3 is 11.1 Å². The zero-order chi connectivity index (χ0) is 14.3. The molecular weight excluding hydrogens is 334 g/mol. The summed E-state index contributed by atoms with van der Waals surface area (Å²) in [5.74, 6) is -0.251. The molecule has 1 aromatic rings. The molecule has 8 heteroatoms. The standard InChI is InChI=1S/C11H14BrN3O3S/c1-11(2-3-19(17,18)6-11)15-10(16)8-4-7(12)5-14-9(8)13/h4-5H,2-3,6H2,1H3,(H2,13,14)(H,15,16). The Labute approximate surface area is 119 Å². The molecule has 1 amide bonds. The highest BCUT2D eigenvalue weighted by atomic mass is 79.9. The van der Waals surface area contributed by atoms with Gasteiger partial charge in [0.25, 0.3) is 5.91 Å². The fraction of sp³-hybridized carbons (Fsp3) is 0.455. The molecule has 0 aromatic carbocycles. The number of carbonyl (C=O) groups excluding carboxylic acids is 1. The van der Waals surface area contributed by atoms with E-state index in [2.05, 4.69) is 26.2 Å². The summed E-state index contributed by atoms with van der Waals surface area (Å²) in [7, 11) is -3.07. The van der Waals surface area contributed by atoms with Crippen LogP contribution in [0.2, 0.25) is 0 Å². The highest BCUT2D eigenvalue weighted by molar-refractivity contribution is 9.10. The first-order valence-electron chi connectivity index (χ1n) is 5.65. The van der Waals surface area contributed by atoms with Gasteiger partial charge in [-0.1, -0.05) is 0 Å². The largest absolute Gasteiger partial charge is 0.383 e. The Bertz CT molecular complexity index is 632. The third kappa shape index (κ3) is 3.24. The third-order valence-electron chi connectivity index (χ3n) is 3.05. The zero-order valence-corrected chi connectivity index (χ0v) is 12.7. The number of amides is 1. The first kappa shape index (κ1) is 14.3. The summed E-state index contributed by atoms with van der Waals surface area (Å²) >= 11 is 3.21. The van der Waals surface area contributed by atoms with E-state index < -0.39 is 21.3 Å². The maximum atomic E-state index is 12.1. The van der Waals surface area contributed by atoms with Gasteiger partial charge in [-0.25, -0.2) is 13.4 Å². The van der Waals surface area contributed by atoms with Gasteiger partial charge in [0, 0.05) is 10.7 Å². The maximum absolute atomic E-state index is 12.1. The van der Waals surface area contributed by atoms with Crippen molar-refractivity contribution in [2.75, 3.05) is 17.2 Å². The topological polar surface area (TPSA) is 102 Å². The van der Waals surface area contributed by atoms with Gasteiger partial charge in [-0.2, -0.15) is 0 Å². The Hall–Kier alpha value is -1.15. The molecule has 2 rings (SSSR count).